The maximum atomic E-state index is 13.0. The highest BCUT2D eigenvalue weighted by Gasteiger charge is 2.22. The van der Waals surface area contributed by atoms with Crippen molar-refractivity contribution in [3.63, 3.8) is 0 Å². The molecule has 0 bridgehead atoms. The van der Waals surface area contributed by atoms with Crippen LogP contribution in [0.1, 0.15) is 12.5 Å². The van der Waals surface area contributed by atoms with Gasteiger partial charge in [-0.3, -0.25) is 0 Å². The second kappa shape index (κ2) is 5.78. The Balaban J connectivity index is 2.85. The summed E-state index contributed by atoms with van der Waals surface area (Å²) in [5.41, 5.74) is 1.31. The van der Waals surface area contributed by atoms with Gasteiger partial charge in [0.2, 0.25) is 0 Å². The molecule has 1 rings (SSSR count). The zero-order valence-corrected chi connectivity index (χ0v) is 13.1. The zero-order valence-electron chi connectivity index (χ0n) is 8.37. The highest BCUT2D eigenvalue weighted by molar-refractivity contribution is 9.10. The van der Waals surface area contributed by atoms with Crippen LogP contribution in [-0.4, -0.2) is 10.7 Å². The van der Waals surface area contributed by atoms with Crippen LogP contribution in [0.4, 0.5) is 4.39 Å². The minimum absolute atomic E-state index is 0.164. The summed E-state index contributed by atoms with van der Waals surface area (Å²) in [6.07, 6.45) is 0.919. The van der Waals surface area contributed by atoms with E-state index in [1.54, 1.807) is 0 Å². The molecule has 4 heteroatoms. The Morgan fingerprint density at radius 2 is 1.87 bits per heavy atom. The maximum absolute atomic E-state index is 13.0. The summed E-state index contributed by atoms with van der Waals surface area (Å²) < 4.78 is 13.6. The van der Waals surface area contributed by atoms with E-state index in [4.69, 9.17) is 0 Å². The predicted molar refractivity (Wildman–Crippen MR) is 73.5 cm³/mol. The van der Waals surface area contributed by atoms with E-state index in [0.29, 0.717) is 4.47 Å². The molecule has 0 aliphatic heterocycles. The molecule has 0 saturated heterocycles. The molecular weight excluding hydrogens is 391 g/mol. The van der Waals surface area contributed by atoms with Crippen molar-refractivity contribution in [1.29, 1.82) is 0 Å². The third-order valence-corrected chi connectivity index (χ3v) is 5.58. The molecule has 0 aliphatic rings. The quantitative estimate of drug-likeness (QED) is 0.626. The van der Waals surface area contributed by atoms with Crippen molar-refractivity contribution in [2.75, 3.05) is 10.7 Å². The summed E-state index contributed by atoms with van der Waals surface area (Å²) in [5, 5.41) is 1.83. The van der Waals surface area contributed by atoms with Crippen LogP contribution in [0.15, 0.2) is 22.7 Å². The average molecular weight is 403 g/mol. The van der Waals surface area contributed by atoms with Gasteiger partial charge in [-0.15, -0.1) is 0 Å². The topological polar surface area (TPSA) is 0 Å². The Hall–Kier alpha value is 0.590. The van der Waals surface area contributed by atoms with Gasteiger partial charge in [-0.25, -0.2) is 4.39 Å². The van der Waals surface area contributed by atoms with Gasteiger partial charge >= 0.3 is 0 Å². The van der Waals surface area contributed by atoms with E-state index in [1.807, 2.05) is 12.1 Å². The summed E-state index contributed by atoms with van der Waals surface area (Å²) in [5.74, 6) is -0.210. The fourth-order valence-electron chi connectivity index (χ4n) is 1.27. The highest BCUT2D eigenvalue weighted by Crippen LogP contribution is 2.28. The van der Waals surface area contributed by atoms with Gasteiger partial charge in [-0.2, -0.15) is 0 Å². The molecule has 0 amide bonds. The lowest BCUT2D eigenvalue weighted by atomic mass is 9.88. The van der Waals surface area contributed by atoms with Crippen LogP contribution in [0.2, 0.25) is 0 Å². The fraction of sp³-hybridized carbons (Fsp3) is 0.455. The van der Waals surface area contributed by atoms with Crippen LogP contribution in [-0.2, 0) is 6.42 Å². The lowest BCUT2D eigenvalue weighted by Gasteiger charge is -2.24. The van der Waals surface area contributed by atoms with Gasteiger partial charge in [0.05, 0.1) is 4.47 Å². The Morgan fingerprint density at radius 3 is 2.33 bits per heavy atom. The summed E-state index contributed by atoms with van der Waals surface area (Å²) in [7, 11) is 0. The molecule has 1 aromatic rings. The summed E-state index contributed by atoms with van der Waals surface area (Å²) in [6.45, 7) is 2.19. The number of benzene rings is 1. The Morgan fingerprint density at radius 1 is 1.27 bits per heavy atom. The first-order valence-corrected chi connectivity index (χ1v) is 7.60. The van der Waals surface area contributed by atoms with Crippen molar-refractivity contribution in [2.24, 2.45) is 5.41 Å². The molecule has 0 atom stereocenters. The van der Waals surface area contributed by atoms with Crippen molar-refractivity contribution in [3.05, 3.63) is 34.1 Å². The van der Waals surface area contributed by atoms with Crippen molar-refractivity contribution in [3.8, 4) is 0 Å². The summed E-state index contributed by atoms with van der Waals surface area (Å²) in [4.78, 5) is 0. The SMILES string of the molecule is CC(CBr)(CBr)Cc1ccc(F)c(Br)c1. The van der Waals surface area contributed by atoms with E-state index < -0.39 is 0 Å². The number of hydrogen-bond donors (Lipinski definition) is 0. The second-order valence-corrected chi connectivity index (χ2v) is 5.98. The minimum Gasteiger partial charge on any atom is -0.206 e. The molecule has 0 aliphatic carbocycles. The lowest BCUT2D eigenvalue weighted by molar-refractivity contribution is 0.438. The van der Waals surface area contributed by atoms with E-state index in [9.17, 15) is 4.39 Å². The van der Waals surface area contributed by atoms with Gasteiger partial charge in [-0.05, 0) is 45.5 Å². The largest absolute Gasteiger partial charge is 0.206 e. The first-order chi connectivity index (χ1) is 7.00. The summed E-state index contributed by atoms with van der Waals surface area (Å²) in [6, 6.07) is 5.19. The highest BCUT2D eigenvalue weighted by atomic mass is 79.9. The third kappa shape index (κ3) is 3.82. The van der Waals surface area contributed by atoms with Crippen LogP contribution in [0.5, 0.6) is 0 Å². The smallest absolute Gasteiger partial charge is 0.137 e. The van der Waals surface area contributed by atoms with E-state index in [-0.39, 0.29) is 11.2 Å². The van der Waals surface area contributed by atoms with E-state index in [2.05, 4.69) is 54.7 Å². The Labute approximate surface area is 115 Å². The van der Waals surface area contributed by atoms with Crippen molar-refractivity contribution >= 4 is 47.8 Å². The summed E-state index contributed by atoms with van der Waals surface area (Å²) >= 11 is 10.2. The molecule has 0 nitrogen and oxygen atoms in total. The first kappa shape index (κ1) is 13.7. The Bertz CT molecular complexity index is 335. The number of rotatable bonds is 4. The monoisotopic (exact) mass is 400 g/mol. The molecular formula is C11H12Br3F. The molecule has 0 heterocycles. The van der Waals surface area contributed by atoms with Crippen molar-refractivity contribution in [1.82, 2.24) is 0 Å². The fourth-order valence-corrected chi connectivity index (χ4v) is 3.02. The van der Waals surface area contributed by atoms with Crippen molar-refractivity contribution < 1.29 is 4.39 Å². The van der Waals surface area contributed by atoms with Gasteiger partial charge < -0.3 is 0 Å². The van der Waals surface area contributed by atoms with Crippen molar-refractivity contribution in [2.45, 2.75) is 13.3 Å². The molecule has 0 unspecified atom stereocenters. The second-order valence-electron chi connectivity index (χ2n) is 4.00. The first-order valence-electron chi connectivity index (χ1n) is 4.56. The van der Waals surface area contributed by atoms with Crippen LogP contribution in [0, 0.1) is 11.2 Å². The molecule has 0 fully saturated rings. The Kier molecular flexibility index (Phi) is 5.26. The molecule has 0 spiro atoms. The predicted octanol–water partition coefficient (Wildman–Crippen LogP) is 4.93. The molecule has 84 valence electrons. The van der Waals surface area contributed by atoms with Gasteiger partial charge in [0.25, 0.3) is 0 Å². The molecule has 1 aromatic carbocycles. The lowest BCUT2D eigenvalue weighted by Crippen LogP contribution is -2.23. The van der Waals surface area contributed by atoms with Crippen LogP contribution >= 0.6 is 47.8 Å². The standard InChI is InChI=1S/C11H12Br3F/c1-11(6-12,7-13)5-8-2-3-10(15)9(14)4-8/h2-4H,5-7H2,1H3. The van der Waals surface area contributed by atoms with Crippen LogP contribution in [0.3, 0.4) is 0 Å². The van der Waals surface area contributed by atoms with E-state index in [0.717, 1.165) is 22.6 Å². The van der Waals surface area contributed by atoms with Crippen LogP contribution in [0.25, 0.3) is 0 Å². The zero-order chi connectivity index (χ0) is 11.5. The van der Waals surface area contributed by atoms with E-state index in [1.165, 1.54) is 6.07 Å². The normalized spacial score (nSPS) is 11.8. The number of alkyl halides is 2. The minimum atomic E-state index is -0.210. The molecule has 0 N–H and O–H groups in total. The molecule has 0 aromatic heterocycles. The third-order valence-electron chi connectivity index (χ3n) is 2.26. The molecule has 0 saturated carbocycles. The number of halogens is 4. The average Bonchev–Trinajstić information content (AvgIpc) is 2.23. The maximum Gasteiger partial charge on any atom is 0.137 e. The van der Waals surface area contributed by atoms with Gasteiger partial charge in [-0.1, -0.05) is 44.8 Å². The van der Waals surface area contributed by atoms with Gasteiger partial charge in [0.15, 0.2) is 0 Å². The number of hydrogen-bond acceptors (Lipinski definition) is 0. The van der Waals surface area contributed by atoms with E-state index >= 15 is 0 Å². The van der Waals surface area contributed by atoms with Gasteiger partial charge in [0, 0.05) is 10.7 Å². The van der Waals surface area contributed by atoms with Crippen LogP contribution < -0.4 is 0 Å². The molecule has 15 heavy (non-hydrogen) atoms. The molecule has 0 radical (unpaired) electrons. The van der Waals surface area contributed by atoms with Gasteiger partial charge in [0.1, 0.15) is 5.82 Å².